The molecular formula is C17H18ClN3. The van der Waals surface area contributed by atoms with Crippen molar-refractivity contribution in [2.75, 3.05) is 0 Å². The monoisotopic (exact) mass is 299 g/mol. The molecule has 2 aromatic heterocycles. The van der Waals surface area contributed by atoms with Crippen LogP contribution in [0.1, 0.15) is 32.5 Å². The molecule has 1 saturated carbocycles. The second-order valence-electron chi connectivity index (χ2n) is 6.43. The van der Waals surface area contributed by atoms with Gasteiger partial charge in [-0.25, -0.2) is 4.98 Å². The standard InChI is InChI=1S/C17H18ClN3/c1-17(2,11-7-8-11)21-15(9-18)20-14-10-19-13-6-4-3-5-12(13)16(14)21/h3-6,10-11H,7-9H2,1-2H3. The Kier molecular flexibility index (Phi) is 2.77. The van der Waals surface area contributed by atoms with Gasteiger partial charge in [-0.1, -0.05) is 18.2 Å². The van der Waals surface area contributed by atoms with Gasteiger partial charge in [0.05, 0.1) is 23.1 Å². The fourth-order valence-electron chi connectivity index (χ4n) is 3.43. The first kappa shape index (κ1) is 13.1. The molecule has 1 aliphatic rings. The Morgan fingerprint density at radius 2 is 2.00 bits per heavy atom. The van der Waals surface area contributed by atoms with Gasteiger partial charge in [-0.15, -0.1) is 11.6 Å². The van der Waals surface area contributed by atoms with Gasteiger partial charge in [0.25, 0.3) is 0 Å². The molecule has 2 heterocycles. The Balaban J connectivity index is 2.13. The van der Waals surface area contributed by atoms with E-state index in [0.717, 1.165) is 22.2 Å². The van der Waals surface area contributed by atoms with Gasteiger partial charge >= 0.3 is 0 Å². The summed E-state index contributed by atoms with van der Waals surface area (Å²) in [6.45, 7) is 4.61. The molecule has 0 unspecified atom stereocenters. The normalized spacial score (nSPS) is 16.0. The van der Waals surface area contributed by atoms with Crippen molar-refractivity contribution in [2.45, 2.75) is 38.1 Å². The third-order valence-electron chi connectivity index (χ3n) is 4.73. The van der Waals surface area contributed by atoms with Crippen LogP contribution in [0.25, 0.3) is 21.9 Å². The lowest BCUT2D eigenvalue weighted by Gasteiger charge is -2.29. The summed E-state index contributed by atoms with van der Waals surface area (Å²) in [6, 6.07) is 8.27. The zero-order chi connectivity index (χ0) is 14.6. The predicted molar refractivity (Wildman–Crippen MR) is 86.6 cm³/mol. The quantitative estimate of drug-likeness (QED) is 0.668. The summed E-state index contributed by atoms with van der Waals surface area (Å²) in [4.78, 5) is 9.25. The average Bonchev–Trinajstić information content (AvgIpc) is 3.27. The largest absolute Gasteiger partial charge is 0.320 e. The van der Waals surface area contributed by atoms with Gasteiger partial charge < -0.3 is 4.57 Å². The summed E-state index contributed by atoms with van der Waals surface area (Å²) < 4.78 is 2.36. The van der Waals surface area contributed by atoms with Gasteiger partial charge in [0.2, 0.25) is 0 Å². The van der Waals surface area contributed by atoms with E-state index in [1.807, 2.05) is 12.3 Å². The minimum Gasteiger partial charge on any atom is -0.320 e. The molecule has 0 amide bonds. The van der Waals surface area contributed by atoms with Crippen molar-refractivity contribution in [1.29, 1.82) is 0 Å². The lowest BCUT2D eigenvalue weighted by atomic mass is 9.97. The highest BCUT2D eigenvalue weighted by Gasteiger charge is 2.41. The van der Waals surface area contributed by atoms with E-state index in [9.17, 15) is 0 Å². The fraction of sp³-hybridized carbons (Fsp3) is 0.412. The molecule has 0 spiro atoms. The van der Waals surface area contributed by atoms with Crippen molar-refractivity contribution in [3.05, 3.63) is 36.3 Å². The molecule has 0 radical (unpaired) electrons. The van der Waals surface area contributed by atoms with Crippen LogP contribution in [-0.4, -0.2) is 14.5 Å². The van der Waals surface area contributed by atoms with Gasteiger partial charge in [-0.2, -0.15) is 0 Å². The van der Waals surface area contributed by atoms with Crippen LogP contribution in [0, 0.1) is 5.92 Å². The van der Waals surface area contributed by atoms with Crippen molar-refractivity contribution < 1.29 is 0 Å². The van der Waals surface area contributed by atoms with Gasteiger partial charge in [0.1, 0.15) is 11.3 Å². The molecule has 4 heteroatoms. The molecule has 0 bridgehead atoms. The fourth-order valence-corrected chi connectivity index (χ4v) is 3.61. The molecule has 3 aromatic rings. The number of halogens is 1. The lowest BCUT2D eigenvalue weighted by Crippen LogP contribution is -2.30. The molecule has 0 atom stereocenters. The van der Waals surface area contributed by atoms with E-state index in [1.54, 1.807) is 0 Å². The van der Waals surface area contributed by atoms with Crippen LogP contribution in [0.2, 0.25) is 0 Å². The third kappa shape index (κ3) is 1.87. The maximum absolute atomic E-state index is 6.18. The SMILES string of the molecule is CC(C)(C1CC1)n1c(CCl)nc2cnc3ccccc3c21. The van der Waals surface area contributed by atoms with Crippen LogP contribution in [-0.2, 0) is 11.4 Å². The van der Waals surface area contributed by atoms with Gasteiger partial charge in [0.15, 0.2) is 0 Å². The number of para-hydroxylation sites is 1. The molecule has 0 N–H and O–H groups in total. The van der Waals surface area contributed by atoms with Crippen molar-refractivity contribution >= 4 is 33.5 Å². The first-order valence-electron chi connectivity index (χ1n) is 7.44. The Labute approximate surface area is 129 Å². The van der Waals surface area contributed by atoms with Gasteiger partial charge in [0, 0.05) is 10.9 Å². The third-order valence-corrected chi connectivity index (χ3v) is 4.97. The second kappa shape index (κ2) is 4.44. The molecule has 108 valence electrons. The molecule has 0 saturated heterocycles. The number of hydrogen-bond acceptors (Lipinski definition) is 2. The van der Waals surface area contributed by atoms with Crippen molar-refractivity contribution in [3.8, 4) is 0 Å². The van der Waals surface area contributed by atoms with Crippen LogP contribution in [0.15, 0.2) is 30.5 Å². The van der Waals surface area contributed by atoms with E-state index in [-0.39, 0.29) is 5.54 Å². The summed E-state index contributed by atoms with van der Waals surface area (Å²) in [6.07, 6.45) is 4.45. The number of pyridine rings is 1. The van der Waals surface area contributed by atoms with Crippen LogP contribution in [0.3, 0.4) is 0 Å². The number of aromatic nitrogens is 3. The van der Waals surface area contributed by atoms with E-state index in [0.29, 0.717) is 11.8 Å². The van der Waals surface area contributed by atoms with Crippen molar-refractivity contribution in [2.24, 2.45) is 5.92 Å². The summed E-state index contributed by atoms with van der Waals surface area (Å²) >= 11 is 6.18. The number of hydrogen-bond donors (Lipinski definition) is 0. The van der Waals surface area contributed by atoms with Gasteiger partial charge in [-0.05, 0) is 38.7 Å². The second-order valence-corrected chi connectivity index (χ2v) is 6.70. The number of nitrogens with zero attached hydrogens (tertiary/aromatic N) is 3. The molecule has 0 aliphatic heterocycles. The Hall–Kier alpha value is -1.61. The van der Waals surface area contributed by atoms with E-state index < -0.39 is 0 Å². The summed E-state index contributed by atoms with van der Waals surface area (Å²) in [7, 11) is 0. The molecular weight excluding hydrogens is 282 g/mol. The predicted octanol–water partition coefficient (Wildman–Crippen LogP) is 4.47. The lowest BCUT2D eigenvalue weighted by molar-refractivity contribution is 0.307. The average molecular weight is 300 g/mol. The molecule has 3 nitrogen and oxygen atoms in total. The number of alkyl halides is 1. The summed E-state index contributed by atoms with van der Waals surface area (Å²) in [5.41, 5.74) is 3.17. The van der Waals surface area contributed by atoms with Gasteiger partial charge in [-0.3, -0.25) is 4.98 Å². The molecule has 4 rings (SSSR count). The van der Waals surface area contributed by atoms with E-state index in [2.05, 4.69) is 41.6 Å². The van der Waals surface area contributed by atoms with Crippen LogP contribution in [0.5, 0.6) is 0 Å². The number of imidazole rings is 1. The zero-order valence-corrected chi connectivity index (χ0v) is 13.1. The molecule has 1 aliphatic carbocycles. The van der Waals surface area contributed by atoms with E-state index >= 15 is 0 Å². The minimum atomic E-state index is 0.0447. The molecule has 21 heavy (non-hydrogen) atoms. The zero-order valence-electron chi connectivity index (χ0n) is 12.3. The van der Waals surface area contributed by atoms with Crippen LogP contribution in [0.4, 0.5) is 0 Å². The van der Waals surface area contributed by atoms with Crippen molar-refractivity contribution in [3.63, 3.8) is 0 Å². The highest BCUT2D eigenvalue weighted by atomic mass is 35.5. The first-order chi connectivity index (χ1) is 10.1. The molecule has 1 aromatic carbocycles. The van der Waals surface area contributed by atoms with Crippen molar-refractivity contribution in [1.82, 2.24) is 14.5 Å². The van der Waals surface area contributed by atoms with Crippen LogP contribution < -0.4 is 0 Å². The Morgan fingerprint density at radius 1 is 1.24 bits per heavy atom. The summed E-state index contributed by atoms with van der Waals surface area (Å²) in [5.74, 6) is 2.09. The van der Waals surface area contributed by atoms with Crippen LogP contribution >= 0.6 is 11.6 Å². The summed E-state index contributed by atoms with van der Waals surface area (Å²) in [5, 5.41) is 1.16. The Morgan fingerprint density at radius 3 is 2.71 bits per heavy atom. The topological polar surface area (TPSA) is 30.7 Å². The Bertz CT molecular complexity index is 831. The maximum atomic E-state index is 6.18. The highest BCUT2D eigenvalue weighted by molar-refractivity contribution is 6.17. The smallest absolute Gasteiger partial charge is 0.125 e. The maximum Gasteiger partial charge on any atom is 0.125 e. The van der Waals surface area contributed by atoms with E-state index in [4.69, 9.17) is 16.6 Å². The van der Waals surface area contributed by atoms with E-state index in [1.165, 1.54) is 18.4 Å². The molecule has 1 fully saturated rings. The minimum absolute atomic E-state index is 0.0447. The first-order valence-corrected chi connectivity index (χ1v) is 7.98. The number of fused-ring (bicyclic) bond motifs is 3. The number of benzene rings is 1. The number of rotatable bonds is 3. The highest BCUT2D eigenvalue weighted by Crippen LogP contribution is 2.46.